The number of carbonyl (C=O) groups excluding carboxylic acids is 1. The lowest BCUT2D eigenvalue weighted by Crippen LogP contribution is -2.12. The summed E-state index contributed by atoms with van der Waals surface area (Å²) in [4.78, 5) is 17.9. The van der Waals surface area contributed by atoms with Gasteiger partial charge in [0, 0.05) is 19.2 Å². The maximum Gasteiger partial charge on any atom is 0.180 e. The van der Waals surface area contributed by atoms with Gasteiger partial charge in [0.1, 0.15) is 5.69 Å². The number of aromatic nitrogens is 1. The van der Waals surface area contributed by atoms with Gasteiger partial charge < -0.3 is 4.90 Å². The normalized spacial score (nSPS) is 10.4. The lowest BCUT2D eigenvalue weighted by Gasteiger charge is -2.21. The number of hydrogen-bond acceptors (Lipinski definition) is 3. The van der Waals surface area contributed by atoms with Gasteiger partial charge in [0.15, 0.2) is 5.78 Å². The first-order chi connectivity index (χ1) is 9.52. The smallest absolute Gasteiger partial charge is 0.180 e. The number of rotatable bonds is 4. The average Bonchev–Trinajstić information content (AvgIpc) is 2.46. The zero-order chi connectivity index (χ0) is 14.7. The molecule has 2 rings (SSSR count). The minimum Gasteiger partial charge on any atom is -0.343 e. The number of hydrogen-bond donors (Lipinski definition) is 0. The molecule has 0 unspecified atom stereocenters. The highest BCUT2D eigenvalue weighted by Crippen LogP contribution is 2.26. The van der Waals surface area contributed by atoms with Crippen molar-refractivity contribution in [2.45, 2.75) is 27.2 Å². The van der Waals surface area contributed by atoms with Gasteiger partial charge in [0.2, 0.25) is 0 Å². The molecule has 0 atom stereocenters. The molecule has 1 aromatic heterocycles. The Morgan fingerprint density at radius 1 is 1.20 bits per heavy atom. The van der Waals surface area contributed by atoms with Gasteiger partial charge in [-0.2, -0.15) is 0 Å². The van der Waals surface area contributed by atoms with E-state index >= 15 is 0 Å². The number of anilines is 2. The highest BCUT2D eigenvalue weighted by atomic mass is 16.1. The topological polar surface area (TPSA) is 33.2 Å². The Balaban J connectivity index is 2.29. The highest BCUT2D eigenvalue weighted by molar-refractivity contribution is 5.94. The fourth-order valence-electron chi connectivity index (χ4n) is 2.25. The second-order valence-corrected chi connectivity index (χ2v) is 5.03. The van der Waals surface area contributed by atoms with Gasteiger partial charge in [-0.05, 0) is 37.6 Å². The van der Waals surface area contributed by atoms with Crippen LogP contribution < -0.4 is 4.90 Å². The third kappa shape index (κ3) is 2.87. The SMILES string of the molecule is CCC(=O)c1ccc(N(C)c2ccc(C)cc2C)cn1. The van der Waals surface area contributed by atoms with Crippen LogP contribution in [0.25, 0.3) is 0 Å². The molecule has 20 heavy (non-hydrogen) atoms. The predicted octanol–water partition coefficient (Wildman–Crippen LogP) is 4.06. The van der Waals surface area contributed by atoms with Crippen LogP contribution in [0.4, 0.5) is 11.4 Å². The largest absolute Gasteiger partial charge is 0.343 e. The van der Waals surface area contributed by atoms with Crippen LogP contribution in [-0.4, -0.2) is 17.8 Å². The summed E-state index contributed by atoms with van der Waals surface area (Å²) in [6.45, 7) is 6.03. The van der Waals surface area contributed by atoms with E-state index in [0.29, 0.717) is 12.1 Å². The molecule has 104 valence electrons. The molecule has 0 spiro atoms. The molecule has 0 aliphatic heterocycles. The van der Waals surface area contributed by atoms with Crippen molar-refractivity contribution < 1.29 is 4.79 Å². The van der Waals surface area contributed by atoms with Gasteiger partial charge in [-0.3, -0.25) is 9.78 Å². The van der Waals surface area contributed by atoms with Crippen LogP contribution in [0.5, 0.6) is 0 Å². The Morgan fingerprint density at radius 2 is 1.95 bits per heavy atom. The summed E-state index contributed by atoms with van der Waals surface area (Å²) in [7, 11) is 2.01. The van der Waals surface area contributed by atoms with Crippen molar-refractivity contribution >= 4 is 17.2 Å². The third-order valence-electron chi connectivity index (χ3n) is 3.46. The summed E-state index contributed by atoms with van der Waals surface area (Å²) < 4.78 is 0. The van der Waals surface area contributed by atoms with Crippen LogP contribution in [0.3, 0.4) is 0 Å². The molecule has 0 aliphatic rings. The molecule has 0 fully saturated rings. The second-order valence-electron chi connectivity index (χ2n) is 5.03. The Labute approximate surface area is 120 Å². The van der Waals surface area contributed by atoms with Crippen molar-refractivity contribution in [3.8, 4) is 0 Å². The minimum atomic E-state index is 0.0747. The number of Topliss-reactive ketones (excluding diaryl/α,β-unsaturated/α-hetero) is 1. The van der Waals surface area contributed by atoms with Crippen LogP contribution in [0.15, 0.2) is 36.5 Å². The van der Waals surface area contributed by atoms with Gasteiger partial charge in [0.05, 0.1) is 11.9 Å². The summed E-state index contributed by atoms with van der Waals surface area (Å²) in [5, 5.41) is 0. The third-order valence-corrected chi connectivity index (χ3v) is 3.46. The second kappa shape index (κ2) is 5.87. The molecule has 0 bridgehead atoms. The van der Waals surface area contributed by atoms with Crippen LogP contribution >= 0.6 is 0 Å². The maximum atomic E-state index is 11.6. The molecule has 1 heterocycles. The lowest BCUT2D eigenvalue weighted by molar-refractivity contribution is 0.0983. The summed E-state index contributed by atoms with van der Waals surface area (Å²) in [5.41, 5.74) is 5.13. The zero-order valence-corrected chi connectivity index (χ0v) is 12.5. The summed E-state index contributed by atoms with van der Waals surface area (Å²) >= 11 is 0. The number of benzene rings is 1. The molecule has 1 aromatic carbocycles. The van der Waals surface area contributed by atoms with Crippen LogP contribution in [0.1, 0.15) is 35.0 Å². The van der Waals surface area contributed by atoms with Crippen molar-refractivity contribution in [3.05, 3.63) is 53.3 Å². The average molecular weight is 268 g/mol. The summed E-state index contributed by atoms with van der Waals surface area (Å²) in [6.07, 6.45) is 2.24. The van der Waals surface area contributed by atoms with E-state index in [-0.39, 0.29) is 5.78 Å². The summed E-state index contributed by atoms with van der Waals surface area (Å²) in [6, 6.07) is 10.1. The maximum absolute atomic E-state index is 11.6. The molecule has 0 saturated heterocycles. The van der Waals surface area contributed by atoms with E-state index in [0.717, 1.165) is 11.4 Å². The van der Waals surface area contributed by atoms with E-state index in [1.807, 2.05) is 20.0 Å². The Kier molecular flexibility index (Phi) is 4.18. The van der Waals surface area contributed by atoms with E-state index in [2.05, 4.69) is 41.9 Å². The fourth-order valence-corrected chi connectivity index (χ4v) is 2.25. The van der Waals surface area contributed by atoms with Crippen LogP contribution in [0, 0.1) is 13.8 Å². The fraction of sp³-hybridized carbons (Fsp3) is 0.294. The molecule has 3 nitrogen and oxygen atoms in total. The van der Waals surface area contributed by atoms with Crippen molar-refractivity contribution in [1.82, 2.24) is 4.98 Å². The molecular formula is C17H20N2O. The Morgan fingerprint density at radius 3 is 2.50 bits per heavy atom. The Bertz CT molecular complexity index is 617. The number of carbonyl (C=O) groups is 1. The molecule has 0 radical (unpaired) electrons. The predicted molar refractivity (Wildman–Crippen MR) is 82.8 cm³/mol. The zero-order valence-electron chi connectivity index (χ0n) is 12.5. The number of pyridine rings is 1. The van der Waals surface area contributed by atoms with E-state index < -0.39 is 0 Å². The Hall–Kier alpha value is -2.16. The van der Waals surface area contributed by atoms with Gasteiger partial charge in [-0.25, -0.2) is 0 Å². The molecule has 0 aliphatic carbocycles. The van der Waals surface area contributed by atoms with Gasteiger partial charge in [-0.15, -0.1) is 0 Å². The van der Waals surface area contributed by atoms with Crippen molar-refractivity contribution in [2.75, 3.05) is 11.9 Å². The lowest BCUT2D eigenvalue weighted by atomic mass is 10.1. The van der Waals surface area contributed by atoms with Crippen LogP contribution in [-0.2, 0) is 0 Å². The molecular weight excluding hydrogens is 248 g/mol. The highest BCUT2D eigenvalue weighted by Gasteiger charge is 2.09. The van der Waals surface area contributed by atoms with E-state index in [1.165, 1.54) is 11.1 Å². The van der Waals surface area contributed by atoms with Crippen molar-refractivity contribution in [2.24, 2.45) is 0 Å². The van der Waals surface area contributed by atoms with E-state index in [9.17, 15) is 4.79 Å². The van der Waals surface area contributed by atoms with Gasteiger partial charge in [0.25, 0.3) is 0 Å². The molecule has 0 saturated carbocycles. The minimum absolute atomic E-state index is 0.0747. The standard InChI is InChI=1S/C17H20N2O/c1-5-17(20)15-8-7-14(11-18-15)19(4)16-9-6-12(2)10-13(16)3/h6-11H,5H2,1-4H3. The van der Waals surface area contributed by atoms with Crippen LogP contribution in [0.2, 0.25) is 0 Å². The monoisotopic (exact) mass is 268 g/mol. The number of ketones is 1. The quantitative estimate of drug-likeness (QED) is 0.784. The van der Waals surface area contributed by atoms with Crippen molar-refractivity contribution in [3.63, 3.8) is 0 Å². The first kappa shape index (κ1) is 14.3. The molecule has 2 aromatic rings. The molecule has 3 heteroatoms. The van der Waals surface area contributed by atoms with Gasteiger partial charge in [-0.1, -0.05) is 24.6 Å². The van der Waals surface area contributed by atoms with Gasteiger partial charge >= 0.3 is 0 Å². The first-order valence-corrected chi connectivity index (χ1v) is 6.83. The van der Waals surface area contributed by atoms with E-state index in [4.69, 9.17) is 0 Å². The molecule has 0 amide bonds. The van der Waals surface area contributed by atoms with E-state index in [1.54, 1.807) is 12.3 Å². The molecule has 0 N–H and O–H groups in total. The number of aryl methyl sites for hydroxylation is 2. The summed E-state index contributed by atoms with van der Waals surface area (Å²) in [5.74, 6) is 0.0747. The number of nitrogens with zero attached hydrogens (tertiary/aromatic N) is 2. The first-order valence-electron chi connectivity index (χ1n) is 6.83. The van der Waals surface area contributed by atoms with Crippen molar-refractivity contribution in [1.29, 1.82) is 0 Å².